The lowest BCUT2D eigenvalue weighted by atomic mass is 10.0. The van der Waals surface area contributed by atoms with Gasteiger partial charge in [-0.05, 0) is 37.5 Å². The fraction of sp³-hybridized carbons (Fsp3) is 0.250. The first-order valence-electron chi connectivity index (χ1n) is 4.62. The Balaban J connectivity index is 2.94. The summed E-state index contributed by atoms with van der Waals surface area (Å²) in [4.78, 5) is 4.42. The van der Waals surface area contributed by atoms with Crippen LogP contribution in [-0.2, 0) is 0 Å². The summed E-state index contributed by atoms with van der Waals surface area (Å²) in [7, 11) is 0. The standard InChI is InChI=1S/C12H12ClN/c1-7-4-5-10-11(13)8(2)6-14-12(10)9(7)3/h4-6H,1-3H3. The third kappa shape index (κ3) is 1.28. The number of benzene rings is 1. The first kappa shape index (κ1) is 9.47. The van der Waals surface area contributed by atoms with Crippen molar-refractivity contribution in [3.63, 3.8) is 0 Å². The van der Waals surface area contributed by atoms with Crippen LogP contribution in [0.1, 0.15) is 16.7 Å². The molecule has 0 aliphatic carbocycles. The molecule has 0 aliphatic rings. The Labute approximate surface area is 88.7 Å². The van der Waals surface area contributed by atoms with E-state index in [2.05, 4.69) is 24.9 Å². The second-order valence-corrected chi connectivity index (χ2v) is 4.04. The van der Waals surface area contributed by atoms with Gasteiger partial charge in [0.25, 0.3) is 0 Å². The third-order valence-electron chi connectivity index (χ3n) is 2.67. The molecule has 0 atom stereocenters. The van der Waals surface area contributed by atoms with Gasteiger partial charge in [-0.25, -0.2) is 0 Å². The largest absolute Gasteiger partial charge is 0.256 e. The molecular formula is C12H12ClN. The summed E-state index contributed by atoms with van der Waals surface area (Å²) in [6.45, 7) is 6.14. The average molecular weight is 206 g/mol. The molecule has 0 N–H and O–H groups in total. The van der Waals surface area contributed by atoms with E-state index in [1.165, 1.54) is 11.1 Å². The number of hydrogen-bond donors (Lipinski definition) is 0. The number of aromatic nitrogens is 1. The van der Waals surface area contributed by atoms with Crippen LogP contribution < -0.4 is 0 Å². The molecule has 1 aromatic heterocycles. The van der Waals surface area contributed by atoms with E-state index in [-0.39, 0.29) is 0 Å². The van der Waals surface area contributed by atoms with Crippen LogP contribution in [0.3, 0.4) is 0 Å². The van der Waals surface area contributed by atoms with E-state index < -0.39 is 0 Å². The Kier molecular flexibility index (Phi) is 2.20. The minimum Gasteiger partial charge on any atom is -0.256 e. The number of aryl methyl sites for hydroxylation is 3. The predicted molar refractivity (Wildman–Crippen MR) is 61.0 cm³/mol. The zero-order chi connectivity index (χ0) is 10.3. The van der Waals surface area contributed by atoms with Gasteiger partial charge in [0.2, 0.25) is 0 Å². The molecule has 0 bridgehead atoms. The lowest BCUT2D eigenvalue weighted by Crippen LogP contribution is -1.89. The lowest BCUT2D eigenvalue weighted by Gasteiger charge is -2.07. The van der Waals surface area contributed by atoms with E-state index in [1.54, 1.807) is 0 Å². The van der Waals surface area contributed by atoms with Crippen molar-refractivity contribution >= 4 is 22.5 Å². The van der Waals surface area contributed by atoms with Gasteiger partial charge in [0, 0.05) is 11.6 Å². The number of fused-ring (bicyclic) bond motifs is 1. The molecule has 0 unspecified atom stereocenters. The summed E-state index contributed by atoms with van der Waals surface area (Å²) in [5.74, 6) is 0. The Hall–Kier alpha value is -1.08. The topological polar surface area (TPSA) is 12.9 Å². The summed E-state index contributed by atoms with van der Waals surface area (Å²) < 4.78 is 0. The second kappa shape index (κ2) is 3.25. The first-order valence-corrected chi connectivity index (χ1v) is 5.00. The van der Waals surface area contributed by atoms with Crippen molar-refractivity contribution < 1.29 is 0 Å². The van der Waals surface area contributed by atoms with Crippen molar-refractivity contribution in [2.45, 2.75) is 20.8 Å². The Morgan fingerprint density at radius 2 is 1.79 bits per heavy atom. The van der Waals surface area contributed by atoms with E-state index in [9.17, 15) is 0 Å². The smallest absolute Gasteiger partial charge is 0.0748 e. The molecule has 0 aliphatic heterocycles. The molecule has 2 aromatic rings. The summed E-state index contributed by atoms with van der Waals surface area (Å²) >= 11 is 6.21. The molecule has 1 aromatic carbocycles. The van der Waals surface area contributed by atoms with Crippen LogP contribution in [-0.4, -0.2) is 4.98 Å². The van der Waals surface area contributed by atoms with Crippen molar-refractivity contribution in [1.82, 2.24) is 4.98 Å². The number of halogens is 1. The summed E-state index contributed by atoms with van der Waals surface area (Å²) in [6, 6.07) is 4.13. The second-order valence-electron chi connectivity index (χ2n) is 3.66. The van der Waals surface area contributed by atoms with Crippen molar-refractivity contribution in [2.75, 3.05) is 0 Å². The third-order valence-corrected chi connectivity index (χ3v) is 3.17. The SMILES string of the molecule is Cc1cnc2c(C)c(C)ccc2c1Cl. The Morgan fingerprint density at radius 1 is 1.07 bits per heavy atom. The van der Waals surface area contributed by atoms with Crippen molar-refractivity contribution in [3.05, 3.63) is 40.0 Å². The van der Waals surface area contributed by atoms with Gasteiger partial charge in [-0.15, -0.1) is 0 Å². The molecule has 0 radical (unpaired) electrons. The molecule has 2 rings (SSSR count). The summed E-state index contributed by atoms with van der Waals surface area (Å²) in [5, 5.41) is 1.87. The van der Waals surface area contributed by atoms with Gasteiger partial charge in [-0.2, -0.15) is 0 Å². The van der Waals surface area contributed by atoms with Crippen molar-refractivity contribution in [2.24, 2.45) is 0 Å². The molecule has 0 spiro atoms. The molecule has 1 heterocycles. The highest BCUT2D eigenvalue weighted by Gasteiger charge is 2.06. The van der Waals surface area contributed by atoms with Crippen molar-refractivity contribution in [3.8, 4) is 0 Å². The van der Waals surface area contributed by atoms with E-state index in [0.717, 1.165) is 21.5 Å². The van der Waals surface area contributed by atoms with Gasteiger partial charge < -0.3 is 0 Å². The average Bonchev–Trinajstić information content (AvgIpc) is 2.17. The maximum atomic E-state index is 6.21. The monoisotopic (exact) mass is 205 g/mol. The molecule has 14 heavy (non-hydrogen) atoms. The van der Waals surface area contributed by atoms with Crippen LogP contribution in [0.2, 0.25) is 5.02 Å². The van der Waals surface area contributed by atoms with Crippen LogP contribution in [0.25, 0.3) is 10.9 Å². The predicted octanol–water partition coefficient (Wildman–Crippen LogP) is 3.81. The van der Waals surface area contributed by atoms with Crippen LogP contribution in [0.15, 0.2) is 18.3 Å². The van der Waals surface area contributed by atoms with E-state index >= 15 is 0 Å². The van der Waals surface area contributed by atoms with Crippen LogP contribution in [0, 0.1) is 20.8 Å². The molecule has 0 amide bonds. The van der Waals surface area contributed by atoms with Gasteiger partial charge >= 0.3 is 0 Å². The quantitative estimate of drug-likeness (QED) is 0.637. The molecular weight excluding hydrogens is 194 g/mol. The molecule has 0 saturated heterocycles. The highest BCUT2D eigenvalue weighted by Crippen LogP contribution is 2.28. The van der Waals surface area contributed by atoms with Gasteiger partial charge in [0.15, 0.2) is 0 Å². The number of rotatable bonds is 0. The maximum absolute atomic E-state index is 6.21. The van der Waals surface area contributed by atoms with Gasteiger partial charge in [-0.1, -0.05) is 23.7 Å². The maximum Gasteiger partial charge on any atom is 0.0748 e. The molecule has 1 nitrogen and oxygen atoms in total. The fourth-order valence-corrected chi connectivity index (χ4v) is 1.78. The van der Waals surface area contributed by atoms with Crippen LogP contribution >= 0.6 is 11.6 Å². The van der Waals surface area contributed by atoms with Crippen LogP contribution in [0.5, 0.6) is 0 Å². The number of pyridine rings is 1. The van der Waals surface area contributed by atoms with E-state index in [0.29, 0.717) is 0 Å². The number of hydrogen-bond acceptors (Lipinski definition) is 1. The minimum absolute atomic E-state index is 0.818. The van der Waals surface area contributed by atoms with Gasteiger partial charge in [0.1, 0.15) is 0 Å². The van der Waals surface area contributed by atoms with Crippen LogP contribution in [0.4, 0.5) is 0 Å². The first-order chi connectivity index (χ1) is 6.61. The van der Waals surface area contributed by atoms with Gasteiger partial charge in [-0.3, -0.25) is 4.98 Å². The highest BCUT2D eigenvalue weighted by molar-refractivity contribution is 6.36. The summed E-state index contributed by atoms with van der Waals surface area (Å²) in [6.07, 6.45) is 1.83. The summed E-state index contributed by atoms with van der Waals surface area (Å²) in [5.41, 5.74) is 4.51. The zero-order valence-electron chi connectivity index (χ0n) is 8.56. The number of nitrogens with zero attached hydrogens (tertiary/aromatic N) is 1. The Bertz CT molecular complexity index is 456. The van der Waals surface area contributed by atoms with E-state index in [4.69, 9.17) is 11.6 Å². The minimum atomic E-state index is 0.818. The molecule has 72 valence electrons. The normalized spacial score (nSPS) is 10.9. The zero-order valence-corrected chi connectivity index (χ0v) is 9.31. The van der Waals surface area contributed by atoms with E-state index in [1.807, 2.05) is 19.2 Å². The molecule has 0 fully saturated rings. The molecule has 2 heteroatoms. The fourth-order valence-electron chi connectivity index (χ4n) is 1.57. The van der Waals surface area contributed by atoms with Crippen molar-refractivity contribution in [1.29, 1.82) is 0 Å². The lowest BCUT2D eigenvalue weighted by molar-refractivity contribution is 1.28. The van der Waals surface area contributed by atoms with Gasteiger partial charge in [0.05, 0.1) is 10.5 Å². The Morgan fingerprint density at radius 3 is 2.50 bits per heavy atom. The highest BCUT2D eigenvalue weighted by atomic mass is 35.5. The molecule has 0 saturated carbocycles.